The van der Waals surface area contributed by atoms with Crippen LogP contribution in [0.2, 0.25) is 0 Å². The molecule has 0 saturated carbocycles. The first kappa shape index (κ1) is 23.7. The van der Waals surface area contributed by atoms with Crippen LogP contribution >= 0.6 is 30.9 Å². The second kappa shape index (κ2) is 15.0. The Morgan fingerprint density at radius 2 is 1.83 bits per heavy atom. The zero-order chi connectivity index (χ0) is 17.6. The number of hydrogen-bond acceptors (Lipinski definition) is 6. The van der Waals surface area contributed by atoms with Gasteiger partial charge < -0.3 is 9.84 Å². The third-order valence-electron chi connectivity index (χ3n) is 3.21. The number of carbonyl (C=O) groups is 1. The Kier molecular flexibility index (Phi) is 15.5. The molecule has 0 bridgehead atoms. The topological polar surface area (TPSA) is 58.6 Å². The number of carboxylic acids is 1. The summed E-state index contributed by atoms with van der Waals surface area (Å²) in [6.07, 6.45) is 5.02. The summed E-state index contributed by atoms with van der Waals surface area (Å²) in [4.78, 5) is 11.6. The van der Waals surface area contributed by atoms with E-state index in [9.17, 15) is 9.90 Å². The fourth-order valence-corrected chi connectivity index (χ4v) is 7.52. The van der Waals surface area contributed by atoms with E-state index in [4.69, 9.17) is 16.5 Å². The summed E-state index contributed by atoms with van der Waals surface area (Å²) in [5, 5.41) is 12.9. The first-order valence-electron chi connectivity index (χ1n) is 8.37. The highest BCUT2D eigenvalue weighted by Crippen LogP contribution is 2.45. The van der Waals surface area contributed by atoms with Crippen LogP contribution in [0.3, 0.4) is 0 Å². The van der Waals surface area contributed by atoms with E-state index in [-0.39, 0.29) is 11.3 Å². The van der Waals surface area contributed by atoms with Crippen molar-refractivity contribution in [2.45, 2.75) is 62.9 Å². The van der Waals surface area contributed by atoms with Crippen molar-refractivity contribution in [2.24, 2.45) is 0 Å². The fraction of sp³-hybridized carbons (Fsp3) is 0.933. The standard InChI is InChI=1S/C15H32NO3PS3/c1-4-7-11-22-15(20-21,23-12-8-5-2)16-13(14(17)18)9-10-19-6-3/h13,16H,4-12,20H2,1-3H3,(H,17,18). The minimum atomic E-state index is -0.816. The van der Waals surface area contributed by atoms with Crippen molar-refractivity contribution in [1.29, 1.82) is 0 Å². The molecule has 0 rings (SSSR count). The number of ether oxygens (including phenoxy) is 1. The number of aliphatic carboxylic acids is 1. The van der Waals surface area contributed by atoms with Gasteiger partial charge in [-0.2, -0.15) is 0 Å². The van der Waals surface area contributed by atoms with Gasteiger partial charge in [-0.05, 0) is 45.0 Å². The lowest BCUT2D eigenvalue weighted by molar-refractivity contribution is -0.140. The molecule has 0 aromatic carbocycles. The maximum atomic E-state index is 11.6. The predicted octanol–water partition coefficient (Wildman–Crippen LogP) is 4.01. The van der Waals surface area contributed by atoms with Gasteiger partial charge in [0.25, 0.3) is 0 Å². The number of unbranched alkanes of at least 4 members (excludes halogenated alkanes) is 2. The summed E-state index contributed by atoms with van der Waals surface area (Å²) >= 11 is 9.10. The third-order valence-corrected chi connectivity index (χ3v) is 10.1. The number of carboxylic acid groups (broad SMARTS) is 1. The van der Waals surface area contributed by atoms with Crippen molar-refractivity contribution >= 4 is 48.7 Å². The van der Waals surface area contributed by atoms with Gasteiger partial charge in [0, 0.05) is 13.2 Å². The fourth-order valence-electron chi connectivity index (χ4n) is 1.81. The number of rotatable bonds is 16. The van der Waals surface area contributed by atoms with Crippen LogP contribution in [-0.2, 0) is 21.3 Å². The Hall–Kier alpha value is 0.740. The highest BCUT2D eigenvalue weighted by atomic mass is 32.4. The molecule has 4 nitrogen and oxygen atoms in total. The maximum absolute atomic E-state index is 11.6. The molecule has 0 spiro atoms. The first-order valence-corrected chi connectivity index (χ1v) is 12.8. The van der Waals surface area contributed by atoms with Gasteiger partial charge in [-0.3, -0.25) is 10.1 Å². The third kappa shape index (κ3) is 11.1. The molecule has 0 fully saturated rings. The lowest BCUT2D eigenvalue weighted by Crippen LogP contribution is -2.47. The van der Waals surface area contributed by atoms with Crippen LogP contribution in [0.25, 0.3) is 0 Å². The summed E-state index contributed by atoms with van der Waals surface area (Å²) in [5.41, 5.74) is 0. The van der Waals surface area contributed by atoms with Gasteiger partial charge in [0.1, 0.15) is 9.99 Å². The van der Waals surface area contributed by atoms with E-state index in [1.54, 1.807) is 0 Å². The van der Waals surface area contributed by atoms with Crippen molar-refractivity contribution in [1.82, 2.24) is 5.32 Å². The molecule has 0 amide bonds. The molecule has 0 aliphatic heterocycles. The Labute approximate surface area is 156 Å². The molecule has 2 unspecified atom stereocenters. The average molecular weight is 402 g/mol. The van der Waals surface area contributed by atoms with Crippen LogP contribution in [0.4, 0.5) is 0 Å². The van der Waals surface area contributed by atoms with Crippen LogP contribution in [0, 0.1) is 0 Å². The zero-order valence-electron chi connectivity index (χ0n) is 14.5. The lowest BCUT2D eigenvalue weighted by atomic mass is 10.2. The first-order chi connectivity index (χ1) is 11.0. The summed E-state index contributed by atoms with van der Waals surface area (Å²) in [5.74, 6) is 1.22. The van der Waals surface area contributed by atoms with Crippen LogP contribution in [0.15, 0.2) is 0 Å². The van der Waals surface area contributed by atoms with Gasteiger partial charge >= 0.3 is 5.97 Å². The van der Waals surface area contributed by atoms with E-state index in [1.165, 1.54) is 0 Å². The van der Waals surface area contributed by atoms with Crippen molar-refractivity contribution < 1.29 is 14.6 Å². The van der Waals surface area contributed by atoms with E-state index in [2.05, 4.69) is 19.2 Å². The molecule has 0 aromatic heterocycles. The van der Waals surface area contributed by atoms with Gasteiger partial charge in [0.05, 0.1) is 0 Å². The van der Waals surface area contributed by atoms with Crippen LogP contribution < -0.4 is 5.32 Å². The summed E-state index contributed by atoms with van der Waals surface area (Å²) in [6.45, 7) is 7.33. The maximum Gasteiger partial charge on any atom is 0.320 e. The molecule has 0 aromatic rings. The van der Waals surface area contributed by atoms with Crippen LogP contribution in [0.1, 0.15) is 52.9 Å². The normalized spacial score (nSPS) is 13.7. The Morgan fingerprint density at radius 3 is 2.22 bits per heavy atom. The Bertz CT molecular complexity index is 325. The second-order valence-electron chi connectivity index (χ2n) is 5.21. The van der Waals surface area contributed by atoms with Crippen LogP contribution in [-0.4, -0.2) is 45.8 Å². The molecule has 0 aliphatic rings. The molecule has 8 heteroatoms. The molecule has 2 N–H and O–H groups in total. The lowest BCUT2D eigenvalue weighted by Gasteiger charge is -2.33. The van der Waals surface area contributed by atoms with Gasteiger partial charge in [-0.25, -0.2) is 0 Å². The summed E-state index contributed by atoms with van der Waals surface area (Å²) in [7, 11) is -0.309. The number of hydrogen-bond donors (Lipinski definition) is 2. The van der Waals surface area contributed by atoms with Crippen molar-refractivity contribution in [3.05, 3.63) is 0 Å². The van der Waals surface area contributed by atoms with Gasteiger partial charge in [-0.1, -0.05) is 26.7 Å². The molecule has 0 saturated heterocycles. The van der Waals surface area contributed by atoms with Crippen molar-refractivity contribution in [3.8, 4) is 0 Å². The minimum absolute atomic E-state index is 0.309. The molecule has 0 aliphatic carbocycles. The van der Waals surface area contributed by atoms with E-state index in [0.29, 0.717) is 19.6 Å². The van der Waals surface area contributed by atoms with Crippen molar-refractivity contribution in [2.75, 3.05) is 24.7 Å². The highest BCUT2D eigenvalue weighted by Gasteiger charge is 2.33. The summed E-state index contributed by atoms with van der Waals surface area (Å²) in [6, 6.07) is -0.597. The van der Waals surface area contributed by atoms with Crippen molar-refractivity contribution in [3.63, 3.8) is 0 Å². The Balaban J connectivity index is 4.87. The van der Waals surface area contributed by atoms with Gasteiger partial charge in [0.2, 0.25) is 0 Å². The molecule has 0 radical (unpaired) electrons. The van der Waals surface area contributed by atoms with E-state index >= 15 is 0 Å². The van der Waals surface area contributed by atoms with E-state index in [0.717, 1.165) is 37.2 Å². The van der Waals surface area contributed by atoms with Gasteiger partial charge in [-0.15, -0.1) is 35.3 Å². The number of nitrogens with one attached hydrogen (secondary N) is 1. The monoisotopic (exact) mass is 401 g/mol. The SMILES string of the molecule is CCCCSC(NC(CCOCC)C(=O)O)([PH2]=S)SCCCC. The van der Waals surface area contributed by atoms with E-state index < -0.39 is 12.0 Å². The minimum Gasteiger partial charge on any atom is -0.480 e. The second-order valence-corrected chi connectivity index (χ2v) is 10.8. The molecule has 2 atom stereocenters. The van der Waals surface area contributed by atoms with Gasteiger partial charge in [0.15, 0.2) is 0 Å². The molecule has 138 valence electrons. The number of thioether (sulfide) groups is 2. The van der Waals surface area contributed by atoms with E-state index in [1.807, 2.05) is 30.4 Å². The van der Waals surface area contributed by atoms with Crippen LogP contribution in [0.5, 0.6) is 0 Å². The molecule has 0 heterocycles. The smallest absolute Gasteiger partial charge is 0.320 e. The largest absolute Gasteiger partial charge is 0.480 e. The molecular weight excluding hydrogens is 369 g/mol. The highest BCUT2D eigenvalue weighted by molar-refractivity contribution is 8.27. The molecular formula is C15H32NO3PS3. The summed E-state index contributed by atoms with van der Waals surface area (Å²) < 4.78 is 5.01. The predicted molar refractivity (Wildman–Crippen MR) is 110 cm³/mol. The quantitative estimate of drug-likeness (QED) is 0.230. The zero-order valence-corrected chi connectivity index (χ0v) is 18.1. The molecule has 23 heavy (non-hydrogen) atoms. The Morgan fingerprint density at radius 1 is 1.26 bits per heavy atom. The average Bonchev–Trinajstić information content (AvgIpc) is 2.54.